The van der Waals surface area contributed by atoms with Crippen molar-refractivity contribution >= 4 is 0 Å². The van der Waals surface area contributed by atoms with E-state index in [1.165, 1.54) is 0 Å². The molecule has 0 fully saturated rings. The van der Waals surface area contributed by atoms with Crippen LogP contribution in [0.4, 0.5) is 0 Å². The van der Waals surface area contributed by atoms with Crippen LogP contribution in [0.25, 0.3) is 0 Å². The highest BCUT2D eigenvalue weighted by Crippen LogP contribution is 2.62. The number of para-hydroxylation sites is 1. The van der Waals surface area contributed by atoms with Crippen LogP contribution < -0.4 is 4.74 Å². The maximum Gasteiger partial charge on any atom is 0.120 e. The van der Waals surface area contributed by atoms with E-state index < -0.39 is 5.41 Å². The second kappa shape index (κ2) is 6.14. The lowest BCUT2D eigenvalue weighted by atomic mass is 9.53. The number of phenolic OH excluding ortho intramolecular Hbond substituents is 2. The van der Waals surface area contributed by atoms with E-state index >= 15 is 0 Å². The van der Waals surface area contributed by atoms with Crippen LogP contribution in [-0.4, -0.2) is 16.8 Å². The predicted octanol–water partition coefficient (Wildman–Crippen LogP) is 5.32. The lowest BCUT2D eigenvalue weighted by molar-refractivity contribution is 0.252. The summed E-state index contributed by atoms with van der Waals surface area (Å²) in [6.07, 6.45) is 0. The minimum Gasteiger partial charge on any atom is -0.508 e. The molecule has 0 heterocycles. The summed E-state index contributed by atoms with van der Waals surface area (Å²) in [7, 11) is 0. The van der Waals surface area contributed by atoms with Crippen LogP contribution >= 0.6 is 0 Å². The highest BCUT2D eigenvalue weighted by atomic mass is 16.5. The summed E-state index contributed by atoms with van der Waals surface area (Å²) in [4.78, 5) is 0. The molecule has 0 saturated carbocycles. The van der Waals surface area contributed by atoms with Crippen molar-refractivity contribution in [3.05, 3.63) is 124 Å². The summed E-state index contributed by atoms with van der Waals surface area (Å²) >= 11 is 0. The molecule has 3 nitrogen and oxygen atoms in total. The topological polar surface area (TPSA) is 49.7 Å². The van der Waals surface area contributed by atoms with Crippen molar-refractivity contribution in [1.82, 2.24) is 0 Å². The van der Waals surface area contributed by atoms with Crippen LogP contribution in [-0.2, 0) is 5.41 Å². The zero-order chi connectivity index (χ0) is 20.3. The number of rotatable bonds is 3. The van der Waals surface area contributed by atoms with Gasteiger partial charge in [-0.2, -0.15) is 0 Å². The van der Waals surface area contributed by atoms with Gasteiger partial charge in [0.25, 0.3) is 0 Å². The Morgan fingerprint density at radius 1 is 0.667 bits per heavy atom. The van der Waals surface area contributed by atoms with E-state index in [1.807, 2.05) is 54.6 Å². The standard InChI is InChI=1S/C27H20O3/c28-22-14-15-23(29)26-25(22)24-18-10-4-6-12-20(18)27(26,21-13-7-5-11-19(21)24)16-30-17-8-2-1-3-9-17/h1-15,24,28-29H,16H2. The largest absolute Gasteiger partial charge is 0.508 e. The summed E-state index contributed by atoms with van der Waals surface area (Å²) in [6.45, 7) is 0.321. The van der Waals surface area contributed by atoms with E-state index in [9.17, 15) is 10.2 Å². The highest BCUT2D eigenvalue weighted by Gasteiger charge is 2.54. The van der Waals surface area contributed by atoms with Crippen molar-refractivity contribution < 1.29 is 14.9 Å². The first-order valence-corrected chi connectivity index (χ1v) is 10.1. The summed E-state index contributed by atoms with van der Waals surface area (Å²) in [5, 5.41) is 22.0. The van der Waals surface area contributed by atoms with Crippen LogP contribution in [0, 0.1) is 0 Å². The third-order valence-electron chi connectivity index (χ3n) is 6.58. The molecular formula is C27H20O3. The van der Waals surface area contributed by atoms with Crippen molar-refractivity contribution in [1.29, 1.82) is 0 Å². The van der Waals surface area contributed by atoms with E-state index in [4.69, 9.17) is 4.74 Å². The Balaban J connectivity index is 1.69. The third kappa shape index (κ3) is 2.09. The number of hydrogen-bond donors (Lipinski definition) is 2. The minimum atomic E-state index is -0.712. The summed E-state index contributed by atoms with van der Waals surface area (Å²) in [5.74, 6) is 1.06. The molecule has 0 unspecified atom stereocenters. The van der Waals surface area contributed by atoms with Gasteiger partial charge in [0.1, 0.15) is 23.9 Å². The SMILES string of the molecule is Oc1ccc(O)c2c1C1c3ccccc3C2(COc2ccccc2)c2ccccc21. The van der Waals surface area contributed by atoms with E-state index in [0.29, 0.717) is 6.61 Å². The fourth-order valence-corrected chi connectivity index (χ4v) is 5.44. The van der Waals surface area contributed by atoms with Gasteiger partial charge < -0.3 is 14.9 Å². The molecule has 3 heteroatoms. The van der Waals surface area contributed by atoms with Gasteiger partial charge >= 0.3 is 0 Å². The first kappa shape index (κ1) is 17.2. The van der Waals surface area contributed by atoms with Crippen LogP contribution in [0.5, 0.6) is 17.2 Å². The van der Waals surface area contributed by atoms with Gasteiger partial charge in [-0.15, -0.1) is 0 Å². The Labute approximate surface area is 174 Å². The Kier molecular flexibility index (Phi) is 3.51. The smallest absolute Gasteiger partial charge is 0.120 e. The van der Waals surface area contributed by atoms with E-state index in [0.717, 1.165) is 39.1 Å². The van der Waals surface area contributed by atoms with Crippen molar-refractivity contribution in [3.8, 4) is 17.2 Å². The summed E-state index contributed by atoms with van der Waals surface area (Å²) in [6, 6.07) is 29.5. The molecule has 0 aliphatic heterocycles. The Morgan fingerprint density at radius 2 is 1.23 bits per heavy atom. The van der Waals surface area contributed by atoms with Crippen LogP contribution in [0.15, 0.2) is 91.0 Å². The average Bonchev–Trinajstić information content (AvgIpc) is 2.81. The molecule has 7 rings (SSSR count). The molecule has 146 valence electrons. The van der Waals surface area contributed by atoms with E-state index in [1.54, 1.807) is 12.1 Å². The zero-order valence-electron chi connectivity index (χ0n) is 16.2. The van der Waals surface area contributed by atoms with Crippen molar-refractivity contribution in [2.24, 2.45) is 0 Å². The summed E-state index contributed by atoms with van der Waals surface area (Å²) < 4.78 is 6.34. The Morgan fingerprint density at radius 3 is 1.90 bits per heavy atom. The molecule has 2 bridgehead atoms. The van der Waals surface area contributed by atoms with Gasteiger partial charge in [0.05, 0.1) is 5.41 Å². The van der Waals surface area contributed by atoms with Crippen molar-refractivity contribution in [3.63, 3.8) is 0 Å². The zero-order valence-corrected chi connectivity index (χ0v) is 16.2. The van der Waals surface area contributed by atoms with Crippen molar-refractivity contribution in [2.45, 2.75) is 11.3 Å². The maximum absolute atomic E-state index is 11.0. The molecule has 30 heavy (non-hydrogen) atoms. The van der Waals surface area contributed by atoms with Crippen molar-refractivity contribution in [2.75, 3.05) is 6.61 Å². The highest BCUT2D eigenvalue weighted by molar-refractivity contribution is 5.76. The van der Waals surface area contributed by atoms with E-state index in [-0.39, 0.29) is 17.4 Å². The number of hydrogen-bond acceptors (Lipinski definition) is 3. The monoisotopic (exact) mass is 392 g/mol. The van der Waals surface area contributed by atoms with Gasteiger partial charge in [0, 0.05) is 17.0 Å². The lowest BCUT2D eigenvalue weighted by Crippen LogP contribution is -2.46. The second-order valence-electron chi connectivity index (χ2n) is 8.01. The van der Waals surface area contributed by atoms with Gasteiger partial charge in [0.15, 0.2) is 0 Å². The van der Waals surface area contributed by atoms with Gasteiger partial charge in [-0.1, -0.05) is 66.7 Å². The molecule has 3 aliphatic rings. The third-order valence-corrected chi connectivity index (χ3v) is 6.58. The van der Waals surface area contributed by atoms with E-state index in [2.05, 4.69) is 24.3 Å². The number of ether oxygens (including phenoxy) is 1. The van der Waals surface area contributed by atoms with Crippen LogP contribution in [0.2, 0.25) is 0 Å². The first-order chi connectivity index (χ1) is 14.7. The molecule has 3 aliphatic carbocycles. The number of benzene rings is 4. The van der Waals surface area contributed by atoms with Gasteiger partial charge in [0.2, 0.25) is 0 Å². The molecule has 0 aromatic heterocycles. The molecular weight excluding hydrogens is 372 g/mol. The first-order valence-electron chi connectivity index (χ1n) is 10.1. The van der Waals surface area contributed by atoms with Gasteiger partial charge in [-0.3, -0.25) is 0 Å². The number of phenols is 2. The van der Waals surface area contributed by atoms with Gasteiger partial charge in [-0.05, 0) is 46.5 Å². The average molecular weight is 392 g/mol. The molecule has 4 aromatic rings. The molecule has 0 radical (unpaired) electrons. The molecule has 4 aromatic carbocycles. The molecule has 0 spiro atoms. The fourth-order valence-electron chi connectivity index (χ4n) is 5.44. The minimum absolute atomic E-state index is 0.113. The molecule has 0 saturated heterocycles. The van der Waals surface area contributed by atoms with Crippen LogP contribution in [0.3, 0.4) is 0 Å². The number of aromatic hydroxyl groups is 2. The quantitative estimate of drug-likeness (QED) is 0.464. The second-order valence-corrected chi connectivity index (χ2v) is 8.01. The molecule has 2 N–H and O–H groups in total. The fraction of sp³-hybridized carbons (Fsp3) is 0.111. The summed E-state index contributed by atoms with van der Waals surface area (Å²) in [5.41, 5.74) is 5.37. The lowest BCUT2D eigenvalue weighted by Gasteiger charge is -2.50. The predicted molar refractivity (Wildman–Crippen MR) is 115 cm³/mol. The van der Waals surface area contributed by atoms with Gasteiger partial charge in [-0.25, -0.2) is 0 Å². The van der Waals surface area contributed by atoms with Crippen LogP contribution in [0.1, 0.15) is 39.3 Å². The normalized spacial score (nSPS) is 20.2. The maximum atomic E-state index is 11.0. The Hall–Kier alpha value is -3.72. The molecule has 0 amide bonds. The Bertz CT molecular complexity index is 1230. The molecule has 0 atom stereocenters.